The number of benzene rings is 1. The third-order valence-corrected chi connectivity index (χ3v) is 2.59. The summed E-state index contributed by atoms with van der Waals surface area (Å²) in [4.78, 5) is 3.97. The number of nitrogens with one attached hydrogen (secondary N) is 1. The van der Waals surface area contributed by atoms with Crippen LogP contribution in [-0.2, 0) is 0 Å². The molecule has 0 spiro atoms. The molecule has 0 aliphatic heterocycles. The van der Waals surface area contributed by atoms with Gasteiger partial charge in [-0.05, 0) is 30.3 Å². The summed E-state index contributed by atoms with van der Waals surface area (Å²) in [6.07, 6.45) is 1.63. The van der Waals surface area contributed by atoms with Gasteiger partial charge in [-0.3, -0.25) is 0 Å². The van der Waals surface area contributed by atoms with Crippen molar-refractivity contribution in [1.29, 1.82) is 0 Å². The molecule has 2 aromatic rings. The summed E-state index contributed by atoms with van der Waals surface area (Å²) in [6.45, 7) is 0. The van der Waals surface area contributed by atoms with Gasteiger partial charge in [0, 0.05) is 11.2 Å². The van der Waals surface area contributed by atoms with Crippen molar-refractivity contribution in [3.05, 3.63) is 46.6 Å². The van der Waals surface area contributed by atoms with Crippen LogP contribution in [0.4, 0.5) is 17.2 Å². The summed E-state index contributed by atoms with van der Waals surface area (Å²) in [7, 11) is 0. The highest BCUT2D eigenvalue weighted by molar-refractivity contribution is 6.36. The molecule has 3 nitrogen and oxygen atoms in total. The first-order valence-corrected chi connectivity index (χ1v) is 5.35. The van der Waals surface area contributed by atoms with Crippen LogP contribution >= 0.6 is 23.2 Å². The predicted molar refractivity (Wildman–Crippen MR) is 68.4 cm³/mol. The van der Waals surface area contributed by atoms with Crippen molar-refractivity contribution in [1.82, 2.24) is 4.98 Å². The summed E-state index contributed by atoms with van der Waals surface area (Å²) in [6, 6.07) is 8.83. The van der Waals surface area contributed by atoms with Crippen molar-refractivity contribution >= 4 is 40.4 Å². The molecule has 0 saturated carbocycles. The zero-order valence-electron chi connectivity index (χ0n) is 8.24. The Balaban J connectivity index is 2.31. The lowest BCUT2D eigenvalue weighted by Crippen LogP contribution is -1.98. The lowest BCUT2D eigenvalue weighted by Gasteiger charge is -2.09. The number of anilines is 3. The SMILES string of the molecule is Nc1ncccc1Nc1ccc(Cl)cc1Cl. The first kappa shape index (κ1) is 11.0. The van der Waals surface area contributed by atoms with E-state index in [0.29, 0.717) is 21.6 Å². The van der Waals surface area contributed by atoms with Gasteiger partial charge in [-0.2, -0.15) is 0 Å². The number of halogens is 2. The maximum Gasteiger partial charge on any atom is 0.147 e. The molecule has 0 radical (unpaired) electrons. The van der Waals surface area contributed by atoms with E-state index in [1.165, 1.54) is 0 Å². The number of rotatable bonds is 2. The Morgan fingerprint density at radius 3 is 2.62 bits per heavy atom. The van der Waals surface area contributed by atoms with Crippen LogP contribution < -0.4 is 11.1 Å². The lowest BCUT2D eigenvalue weighted by molar-refractivity contribution is 1.33. The Morgan fingerprint density at radius 2 is 1.94 bits per heavy atom. The van der Waals surface area contributed by atoms with E-state index in [0.717, 1.165) is 5.69 Å². The molecule has 82 valence electrons. The first-order valence-electron chi connectivity index (χ1n) is 4.59. The average Bonchev–Trinajstić information content (AvgIpc) is 2.25. The van der Waals surface area contributed by atoms with Crippen LogP contribution in [-0.4, -0.2) is 4.98 Å². The molecule has 0 fully saturated rings. The predicted octanol–water partition coefficient (Wildman–Crippen LogP) is 3.71. The molecule has 1 aromatic carbocycles. The minimum atomic E-state index is 0.425. The van der Waals surface area contributed by atoms with Gasteiger partial charge in [0.15, 0.2) is 0 Å². The van der Waals surface area contributed by atoms with E-state index < -0.39 is 0 Å². The van der Waals surface area contributed by atoms with Crippen LogP contribution in [0.5, 0.6) is 0 Å². The maximum atomic E-state index is 6.02. The smallest absolute Gasteiger partial charge is 0.147 e. The highest BCUT2D eigenvalue weighted by Gasteiger charge is 2.03. The third kappa shape index (κ3) is 2.38. The third-order valence-electron chi connectivity index (χ3n) is 2.04. The number of pyridine rings is 1. The number of nitrogens with two attached hydrogens (primary N) is 1. The quantitative estimate of drug-likeness (QED) is 0.858. The van der Waals surface area contributed by atoms with Crippen LogP contribution in [0, 0.1) is 0 Å². The van der Waals surface area contributed by atoms with Gasteiger partial charge < -0.3 is 11.1 Å². The lowest BCUT2D eigenvalue weighted by atomic mass is 10.3. The second-order valence-corrected chi connectivity index (χ2v) is 4.03. The topological polar surface area (TPSA) is 50.9 Å². The molecule has 5 heteroatoms. The van der Waals surface area contributed by atoms with E-state index in [-0.39, 0.29) is 0 Å². The molecular formula is C11H9Cl2N3. The number of aromatic nitrogens is 1. The van der Waals surface area contributed by atoms with Gasteiger partial charge in [-0.1, -0.05) is 23.2 Å². The first-order chi connectivity index (χ1) is 7.66. The summed E-state index contributed by atoms with van der Waals surface area (Å²) in [5, 5.41) is 4.22. The van der Waals surface area contributed by atoms with Crippen LogP contribution in [0.25, 0.3) is 0 Å². The van der Waals surface area contributed by atoms with Crippen molar-refractivity contribution < 1.29 is 0 Å². The Labute approximate surface area is 103 Å². The molecule has 0 aliphatic carbocycles. The number of nitrogen functional groups attached to an aromatic ring is 1. The van der Waals surface area contributed by atoms with E-state index in [2.05, 4.69) is 10.3 Å². The van der Waals surface area contributed by atoms with Crippen molar-refractivity contribution in [2.45, 2.75) is 0 Å². The Morgan fingerprint density at radius 1 is 1.12 bits per heavy atom. The normalized spacial score (nSPS) is 10.1. The van der Waals surface area contributed by atoms with Crippen LogP contribution in [0.15, 0.2) is 36.5 Å². The van der Waals surface area contributed by atoms with E-state index in [1.807, 2.05) is 6.07 Å². The monoisotopic (exact) mass is 253 g/mol. The molecule has 0 aliphatic rings. The molecule has 2 rings (SSSR count). The largest absolute Gasteiger partial charge is 0.382 e. The van der Waals surface area contributed by atoms with Gasteiger partial charge in [0.05, 0.1) is 16.4 Å². The summed E-state index contributed by atoms with van der Waals surface area (Å²) < 4.78 is 0. The second-order valence-electron chi connectivity index (χ2n) is 3.19. The summed E-state index contributed by atoms with van der Waals surface area (Å²) in [5.41, 5.74) is 7.16. The average molecular weight is 254 g/mol. The molecule has 3 N–H and O–H groups in total. The molecule has 0 saturated heterocycles. The fourth-order valence-electron chi connectivity index (χ4n) is 1.26. The fourth-order valence-corrected chi connectivity index (χ4v) is 1.71. The molecule has 16 heavy (non-hydrogen) atoms. The van der Waals surface area contributed by atoms with Gasteiger partial charge in [-0.25, -0.2) is 4.98 Å². The minimum Gasteiger partial charge on any atom is -0.382 e. The number of nitrogens with zero attached hydrogens (tertiary/aromatic N) is 1. The highest BCUT2D eigenvalue weighted by atomic mass is 35.5. The zero-order valence-corrected chi connectivity index (χ0v) is 9.76. The summed E-state index contributed by atoms with van der Waals surface area (Å²) in [5.74, 6) is 0.425. The minimum absolute atomic E-state index is 0.425. The Bertz CT molecular complexity index is 514. The van der Waals surface area contributed by atoms with E-state index in [9.17, 15) is 0 Å². The molecule has 0 amide bonds. The molecule has 0 unspecified atom stereocenters. The van der Waals surface area contributed by atoms with E-state index in [1.54, 1.807) is 30.5 Å². The van der Waals surface area contributed by atoms with Gasteiger partial charge >= 0.3 is 0 Å². The van der Waals surface area contributed by atoms with E-state index >= 15 is 0 Å². The zero-order chi connectivity index (χ0) is 11.5. The Kier molecular flexibility index (Phi) is 3.17. The number of hydrogen-bond acceptors (Lipinski definition) is 3. The van der Waals surface area contributed by atoms with Crippen molar-refractivity contribution in [2.75, 3.05) is 11.1 Å². The van der Waals surface area contributed by atoms with Gasteiger partial charge in [0.2, 0.25) is 0 Å². The molecular weight excluding hydrogens is 245 g/mol. The molecule has 0 atom stereocenters. The fraction of sp³-hybridized carbons (Fsp3) is 0. The molecule has 0 bridgehead atoms. The second kappa shape index (κ2) is 4.60. The molecule has 1 aromatic heterocycles. The molecule has 1 heterocycles. The van der Waals surface area contributed by atoms with E-state index in [4.69, 9.17) is 28.9 Å². The van der Waals surface area contributed by atoms with Crippen LogP contribution in [0.3, 0.4) is 0 Å². The van der Waals surface area contributed by atoms with Crippen LogP contribution in [0.1, 0.15) is 0 Å². The van der Waals surface area contributed by atoms with Crippen molar-refractivity contribution in [3.63, 3.8) is 0 Å². The van der Waals surface area contributed by atoms with Gasteiger partial charge in [-0.15, -0.1) is 0 Å². The van der Waals surface area contributed by atoms with Crippen molar-refractivity contribution in [2.24, 2.45) is 0 Å². The van der Waals surface area contributed by atoms with Gasteiger partial charge in [0.1, 0.15) is 5.82 Å². The van der Waals surface area contributed by atoms with Crippen LogP contribution in [0.2, 0.25) is 10.0 Å². The summed E-state index contributed by atoms with van der Waals surface area (Å²) >= 11 is 11.8. The Hall–Kier alpha value is -1.45. The number of hydrogen-bond donors (Lipinski definition) is 2. The van der Waals surface area contributed by atoms with Gasteiger partial charge in [0.25, 0.3) is 0 Å². The highest BCUT2D eigenvalue weighted by Crippen LogP contribution is 2.29. The standard InChI is InChI=1S/C11H9Cl2N3/c12-7-3-4-9(8(13)6-7)16-10-2-1-5-15-11(10)14/h1-6,16H,(H2,14,15). The maximum absolute atomic E-state index is 6.02. The van der Waals surface area contributed by atoms with Crippen molar-refractivity contribution in [3.8, 4) is 0 Å².